The van der Waals surface area contributed by atoms with Gasteiger partial charge in [0.05, 0.1) is 20.6 Å². The average molecular weight is 590 g/mol. The minimum atomic E-state index is -4.89. The minimum absolute atomic E-state index is 0.00495. The van der Waals surface area contributed by atoms with Crippen molar-refractivity contribution in [2.75, 3.05) is 18.0 Å². The van der Waals surface area contributed by atoms with E-state index in [9.17, 15) is 17.1 Å². The molecule has 4 aromatic rings. The highest BCUT2D eigenvalue weighted by Crippen LogP contribution is 2.33. The number of halogens is 3. The Balaban J connectivity index is 1.37. The summed E-state index contributed by atoms with van der Waals surface area (Å²) in [5.41, 5.74) is 14.5. The Labute approximate surface area is 234 Å². The number of nitrogens with zero attached hydrogens (tertiary/aromatic N) is 2. The lowest BCUT2D eigenvalue weighted by Gasteiger charge is -2.14. The summed E-state index contributed by atoms with van der Waals surface area (Å²) in [6, 6.07) is 17.0. The second-order valence-electron chi connectivity index (χ2n) is 8.32. The van der Waals surface area contributed by atoms with Gasteiger partial charge in [-0.25, -0.2) is 4.98 Å². The molecule has 0 aliphatic heterocycles. The maximum absolute atomic E-state index is 13.2. The van der Waals surface area contributed by atoms with Crippen LogP contribution in [0.4, 0.5) is 15.7 Å². The van der Waals surface area contributed by atoms with Crippen LogP contribution in [0.25, 0.3) is 11.1 Å². The van der Waals surface area contributed by atoms with Gasteiger partial charge >= 0.3 is 10.2 Å². The number of ether oxygens (including phenoxy) is 1. The van der Waals surface area contributed by atoms with E-state index >= 15 is 0 Å². The third kappa shape index (κ3) is 7.14. The standard InChI is InChI=1S/C26H22Cl2FN5O4S/c27-20-9-6-16(13-21(20)28)23-22(33-26(31)34-24(23)30)14-38-18-7-4-15(5-8-18)10-11-32-25(35)17-2-1-3-19(12-17)39(29,36)37/h1-9,12-13H,10-11,14H2,(H,32,35)(H4,30,31,33,34). The smallest absolute Gasteiger partial charge is 0.332 e. The monoisotopic (exact) mass is 589 g/mol. The molecule has 13 heteroatoms. The quantitative estimate of drug-likeness (QED) is 0.235. The van der Waals surface area contributed by atoms with E-state index in [1.165, 1.54) is 12.1 Å². The predicted molar refractivity (Wildman–Crippen MR) is 148 cm³/mol. The highest BCUT2D eigenvalue weighted by molar-refractivity contribution is 7.86. The van der Waals surface area contributed by atoms with Crippen molar-refractivity contribution in [3.05, 3.63) is 93.6 Å². The van der Waals surface area contributed by atoms with E-state index in [0.717, 1.165) is 17.7 Å². The molecule has 202 valence electrons. The summed E-state index contributed by atoms with van der Waals surface area (Å²) in [4.78, 5) is 20.1. The lowest BCUT2D eigenvalue weighted by atomic mass is 10.0. The van der Waals surface area contributed by atoms with Gasteiger partial charge in [-0.2, -0.15) is 13.4 Å². The van der Waals surface area contributed by atoms with Crippen LogP contribution < -0.4 is 21.5 Å². The summed E-state index contributed by atoms with van der Waals surface area (Å²) in [5, 5.41) is 3.43. The molecule has 5 N–H and O–H groups in total. The number of benzene rings is 3. The van der Waals surface area contributed by atoms with Crippen LogP contribution in [-0.2, 0) is 23.3 Å². The Kier molecular flexibility index (Phi) is 8.54. The number of hydrogen-bond donors (Lipinski definition) is 3. The molecule has 39 heavy (non-hydrogen) atoms. The van der Waals surface area contributed by atoms with Crippen LogP contribution in [0.2, 0.25) is 10.0 Å². The maximum Gasteiger partial charge on any atom is 0.332 e. The molecule has 0 aliphatic carbocycles. The molecule has 1 aromatic heterocycles. The summed E-state index contributed by atoms with van der Waals surface area (Å²) in [6.45, 7) is 0.327. The normalized spacial score (nSPS) is 11.3. The number of carbonyl (C=O) groups excluding carboxylic acids is 1. The number of carbonyl (C=O) groups is 1. The zero-order valence-corrected chi connectivity index (χ0v) is 22.5. The van der Waals surface area contributed by atoms with Gasteiger partial charge in [0.2, 0.25) is 5.95 Å². The Bertz CT molecular complexity index is 1640. The van der Waals surface area contributed by atoms with E-state index in [2.05, 4.69) is 15.3 Å². The van der Waals surface area contributed by atoms with Crippen LogP contribution in [0, 0.1) is 0 Å². The summed E-state index contributed by atoms with van der Waals surface area (Å²) in [5.74, 6) is 0.227. The van der Waals surface area contributed by atoms with Crippen molar-refractivity contribution >= 4 is 51.1 Å². The number of rotatable bonds is 9. The van der Waals surface area contributed by atoms with Crippen molar-refractivity contribution < 1.29 is 21.8 Å². The predicted octanol–water partition coefficient (Wildman–Crippen LogP) is 4.82. The molecular weight excluding hydrogens is 568 g/mol. The summed E-state index contributed by atoms with van der Waals surface area (Å²) in [7, 11) is -4.89. The Morgan fingerprint density at radius 1 is 0.974 bits per heavy atom. The molecule has 1 heterocycles. The molecule has 9 nitrogen and oxygen atoms in total. The van der Waals surface area contributed by atoms with Crippen molar-refractivity contribution in [1.29, 1.82) is 0 Å². The topological polar surface area (TPSA) is 150 Å². The van der Waals surface area contributed by atoms with E-state index < -0.39 is 21.0 Å². The third-order valence-corrected chi connectivity index (χ3v) is 7.17. The number of anilines is 2. The summed E-state index contributed by atoms with van der Waals surface area (Å²) in [6.07, 6.45) is 0.494. The first-order valence-corrected chi connectivity index (χ1v) is 13.6. The fraction of sp³-hybridized carbons (Fsp3) is 0.115. The molecular formula is C26H22Cl2FN5O4S. The molecule has 0 fully saturated rings. The van der Waals surface area contributed by atoms with E-state index in [4.69, 9.17) is 39.4 Å². The number of amides is 1. The fourth-order valence-corrected chi connectivity index (χ4v) is 4.54. The van der Waals surface area contributed by atoms with Crippen molar-refractivity contribution in [2.45, 2.75) is 17.9 Å². The van der Waals surface area contributed by atoms with Gasteiger partial charge in [0.15, 0.2) is 0 Å². The van der Waals surface area contributed by atoms with Crippen LogP contribution in [0.1, 0.15) is 21.6 Å². The molecule has 0 bridgehead atoms. The van der Waals surface area contributed by atoms with Gasteiger partial charge in [-0.15, -0.1) is 3.89 Å². The van der Waals surface area contributed by atoms with Gasteiger partial charge in [-0.1, -0.05) is 47.5 Å². The van der Waals surface area contributed by atoms with Gasteiger partial charge in [-0.05, 0) is 60.0 Å². The van der Waals surface area contributed by atoms with Crippen LogP contribution in [-0.4, -0.2) is 30.8 Å². The third-order valence-electron chi connectivity index (χ3n) is 5.61. The number of hydrogen-bond acceptors (Lipinski definition) is 8. The Morgan fingerprint density at radius 3 is 2.41 bits per heavy atom. The highest BCUT2D eigenvalue weighted by Gasteiger charge is 2.16. The largest absolute Gasteiger partial charge is 0.487 e. The lowest BCUT2D eigenvalue weighted by Crippen LogP contribution is -2.25. The fourth-order valence-electron chi connectivity index (χ4n) is 3.73. The second kappa shape index (κ2) is 11.9. The van der Waals surface area contributed by atoms with Crippen molar-refractivity contribution in [2.24, 2.45) is 0 Å². The molecule has 0 atom stereocenters. The van der Waals surface area contributed by atoms with E-state index in [1.54, 1.807) is 30.3 Å². The van der Waals surface area contributed by atoms with E-state index in [1.807, 2.05) is 12.1 Å². The summed E-state index contributed by atoms with van der Waals surface area (Å²) >= 11 is 12.2. The van der Waals surface area contributed by atoms with Gasteiger partial charge in [0.1, 0.15) is 18.2 Å². The van der Waals surface area contributed by atoms with Gasteiger partial charge in [0, 0.05) is 17.7 Å². The zero-order valence-electron chi connectivity index (χ0n) is 20.2. The molecule has 0 saturated carbocycles. The first-order chi connectivity index (χ1) is 18.5. The van der Waals surface area contributed by atoms with Crippen molar-refractivity contribution in [3.63, 3.8) is 0 Å². The van der Waals surface area contributed by atoms with Crippen LogP contribution in [0.15, 0.2) is 71.6 Å². The molecule has 4 rings (SSSR count). The van der Waals surface area contributed by atoms with E-state index in [0.29, 0.717) is 39.0 Å². The van der Waals surface area contributed by atoms with Crippen LogP contribution >= 0.6 is 23.2 Å². The van der Waals surface area contributed by atoms with Gasteiger partial charge < -0.3 is 21.5 Å². The molecule has 0 saturated heterocycles. The number of nitrogens with two attached hydrogens (primary N) is 2. The highest BCUT2D eigenvalue weighted by atomic mass is 35.5. The first-order valence-electron chi connectivity index (χ1n) is 11.4. The number of nitrogen functional groups attached to an aromatic ring is 2. The Morgan fingerprint density at radius 2 is 1.72 bits per heavy atom. The Hall–Kier alpha value is -3.93. The molecule has 0 unspecified atom stereocenters. The first kappa shape index (κ1) is 28.1. The molecule has 0 spiro atoms. The van der Waals surface area contributed by atoms with Crippen LogP contribution in [0.5, 0.6) is 5.75 Å². The van der Waals surface area contributed by atoms with Crippen LogP contribution in [0.3, 0.4) is 0 Å². The lowest BCUT2D eigenvalue weighted by molar-refractivity contribution is 0.0954. The maximum atomic E-state index is 13.2. The SMILES string of the molecule is Nc1nc(N)c(-c2ccc(Cl)c(Cl)c2)c(COc2ccc(CCNC(=O)c3cccc(S(=O)(=O)F)c3)cc2)n1. The second-order valence-corrected chi connectivity index (χ2v) is 10.5. The number of nitrogens with one attached hydrogen (secondary N) is 1. The molecule has 0 radical (unpaired) electrons. The molecule has 0 aliphatic rings. The van der Waals surface area contributed by atoms with Crippen molar-refractivity contribution in [1.82, 2.24) is 15.3 Å². The van der Waals surface area contributed by atoms with Gasteiger partial charge in [-0.3, -0.25) is 4.79 Å². The minimum Gasteiger partial charge on any atom is -0.487 e. The zero-order chi connectivity index (χ0) is 28.2. The summed E-state index contributed by atoms with van der Waals surface area (Å²) < 4.78 is 41.2. The molecule has 3 aromatic carbocycles. The molecule has 1 amide bonds. The van der Waals surface area contributed by atoms with Gasteiger partial charge in [0.25, 0.3) is 5.91 Å². The average Bonchev–Trinajstić information content (AvgIpc) is 2.89. The number of aromatic nitrogens is 2. The van der Waals surface area contributed by atoms with E-state index in [-0.39, 0.29) is 30.5 Å². The van der Waals surface area contributed by atoms with Crippen molar-refractivity contribution in [3.8, 4) is 16.9 Å².